The first kappa shape index (κ1) is 20.3. The largest absolute Gasteiger partial charge is 0.494 e. The molecule has 0 aromatic heterocycles. The molecule has 1 fully saturated rings. The van der Waals surface area contributed by atoms with Crippen LogP contribution in [0, 0.1) is 0 Å². The molecule has 1 saturated heterocycles. The number of rotatable bonds is 4. The zero-order chi connectivity index (χ0) is 20.5. The summed E-state index contributed by atoms with van der Waals surface area (Å²) < 4.78 is 31.6. The number of benzene rings is 2. The molecule has 6 heteroatoms. The molecular formula is C22H24BFO4. The molecule has 4 nitrogen and oxygen atoms in total. The van der Waals surface area contributed by atoms with E-state index in [1.807, 2.05) is 33.8 Å². The summed E-state index contributed by atoms with van der Waals surface area (Å²) in [6, 6.07) is 13.6. The third kappa shape index (κ3) is 4.03. The van der Waals surface area contributed by atoms with Crippen LogP contribution in [0.5, 0.6) is 0 Å². The van der Waals surface area contributed by atoms with E-state index in [1.54, 1.807) is 42.5 Å². The van der Waals surface area contributed by atoms with E-state index < -0.39 is 24.3 Å². The van der Waals surface area contributed by atoms with Crippen LogP contribution in [0.3, 0.4) is 0 Å². The number of carbonyl (C=O) groups excluding carboxylic acids is 1. The maximum atomic E-state index is 14.8. The zero-order valence-corrected chi connectivity index (χ0v) is 16.8. The van der Waals surface area contributed by atoms with Crippen molar-refractivity contribution in [2.75, 3.05) is 7.11 Å². The number of hydrogen-bond acceptors (Lipinski definition) is 4. The van der Waals surface area contributed by atoms with Crippen molar-refractivity contribution in [1.82, 2.24) is 0 Å². The van der Waals surface area contributed by atoms with Crippen LogP contribution in [-0.2, 0) is 14.0 Å². The Hall–Kier alpha value is -2.44. The van der Waals surface area contributed by atoms with Crippen molar-refractivity contribution >= 4 is 30.5 Å². The Labute approximate surface area is 165 Å². The van der Waals surface area contributed by atoms with Gasteiger partial charge in [-0.25, -0.2) is 9.18 Å². The lowest BCUT2D eigenvalue weighted by Gasteiger charge is -2.32. The van der Waals surface area contributed by atoms with Gasteiger partial charge in [0.05, 0.1) is 23.9 Å². The smallest absolute Gasteiger partial charge is 0.465 e. The minimum Gasteiger partial charge on any atom is -0.465 e. The van der Waals surface area contributed by atoms with Gasteiger partial charge < -0.3 is 14.0 Å². The van der Waals surface area contributed by atoms with E-state index in [1.165, 1.54) is 13.2 Å². The van der Waals surface area contributed by atoms with Crippen molar-refractivity contribution in [3.05, 3.63) is 65.2 Å². The summed E-state index contributed by atoms with van der Waals surface area (Å²) >= 11 is 0. The van der Waals surface area contributed by atoms with E-state index in [2.05, 4.69) is 4.74 Å². The lowest BCUT2D eigenvalue weighted by molar-refractivity contribution is 0.00578. The molecule has 2 aromatic carbocycles. The first-order chi connectivity index (χ1) is 13.1. The number of esters is 1. The molecule has 1 aliphatic heterocycles. The summed E-state index contributed by atoms with van der Waals surface area (Å²) in [5, 5.41) is 0. The molecule has 0 spiro atoms. The zero-order valence-electron chi connectivity index (χ0n) is 16.8. The Balaban J connectivity index is 1.82. The molecule has 0 aliphatic carbocycles. The standard InChI is InChI=1S/C22H24BFO4/c1-21(2)22(3,4)28-23(27-21)18-8-6-7-17(14-18)19(24)13-15-9-11-16(12-10-15)20(25)26-5/h6-14H,1-5H3/b19-13-. The number of carbonyl (C=O) groups is 1. The fourth-order valence-corrected chi connectivity index (χ4v) is 2.88. The Morgan fingerprint density at radius 1 is 1.00 bits per heavy atom. The second-order valence-corrected chi connectivity index (χ2v) is 7.82. The summed E-state index contributed by atoms with van der Waals surface area (Å²) in [6.07, 6.45) is 1.42. The van der Waals surface area contributed by atoms with Gasteiger partial charge in [-0.2, -0.15) is 0 Å². The van der Waals surface area contributed by atoms with E-state index in [0.29, 0.717) is 16.7 Å². The van der Waals surface area contributed by atoms with Crippen LogP contribution in [0.2, 0.25) is 0 Å². The van der Waals surface area contributed by atoms with E-state index in [-0.39, 0.29) is 5.83 Å². The lowest BCUT2D eigenvalue weighted by atomic mass is 9.78. The Kier molecular flexibility index (Phi) is 5.46. The topological polar surface area (TPSA) is 44.8 Å². The molecule has 0 amide bonds. The van der Waals surface area contributed by atoms with Gasteiger partial charge in [-0.3, -0.25) is 0 Å². The predicted molar refractivity (Wildman–Crippen MR) is 109 cm³/mol. The van der Waals surface area contributed by atoms with E-state index in [9.17, 15) is 9.18 Å². The van der Waals surface area contributed by atoms with Crippen LogP contribution in [0.25, 0.3) is 11.9 Å². The molecule has 0 saturated carbocycles. The van der Waals surface area contributed by atoms with Gasteiger partial charge in [0, 0.05) is 5.56 Å². The molecule has 0 atom stereocenters. The average Bonchev–Trinajstić information content (AvgIpc) is 2.89. The van der Waals surface area contributed by atoms with Crippen LogP contribution in [0.15, 0.2) is 48.5 Å². The van der Waals surface area contributed by atoms with Gasteiger partial charge >= 0.3 is 13.1 Å². The molecule has 28 heavy (non-hydrogen) atoms. The van der Waals surface area contributed by atoms with Crippen LogP contribution in [0.4, 0.5) is 4.39 Å². The maximum absolute atomic E-state index is 14.8. The van der Waals surface area contributed by atoms with Gasteiger partial charge in [0.1, 0.15) is 5.83 Å². The van der Waals surface area contributed by atoms with Gasteiger partial charge in [-0.1, -0.05) is 36.4 Å². The third-order valence-corrected chi connectivity index (χ3v) is 5.31. The Morgan fingerprint density at radius 3 is 2.18 bits per heavy atom. The van der Waals surface area contributed by atoms with Crippen molar-refractivity contribution in [3.8, 4) is 0 Å². The maximum Gasteiger partial charge on any atom is 0.494 e. The van der Waals surface area contributed by atoms with Gasteiger partial charge in [0.25, 0.3) is 0 Å². The van der Waals surface area contributed by atoms with Crippen LogP contribution < -0.4 is 5.46 Å². The van der Waals surface area contributed by atoms with Crippen molar-refractivity contribution in [1.29, 1.82) is 0 Å². The molecule has 0 bridgehead atoms. The molecule has 1 heterocycles. The summed E-state index contributed by atoms with van der Waals surface area (Å²) in [6.45, 7) is 7.93. The van der Waals surface area contributed by atoms with Crippen molar-refractivity contribution < 1.29 is 23.2 Å². The van der Waals surface area contributed by atoms with Crippen molar-refractivity contribution in [2.24, 2.45) is 0 Å². The van der Waals surface area contributed by atoms with E-state index >= 15 is 0 Å². The highest BCUT2D eigenvalue weighted by Gasteiger charge is 2.51. The molecule has 0 unspecified atom stereocenters. The highest BCUT2D eigenvalue weighted by Crippen LogP contribution is 2.36. The molecular weight excluding hydrogens is 358 g/mol. The van der Waals surface area contributed by atoms with E-state index in [4.69, 9.17) is 9.31 Å². The fraction of sp³-hybridized carbons (Fsp3) is 0.318. The summed E-state index contributed by atoms with van der Waals surface area (Å²) in [7, 11) is 0.778. The fourth-order valence-electron chi connectivity index (χ4n) is 2.88. The second-order valence-electron chi connectivity index (χ2n) is 7.82. The SMILES string of the molecule is COC(=O)c1ccc(/C=C(\F)c2cccc(B3OC(C)(C)C(C)(C)O3)c2)cc1. The number of hydrogen-bond donors (Lipinski definition) is 0. The van der Waals surface area contributed by atoms with Gasteiger partial charge in [-0.15, -0.1) is 0 Å². The summed E-state index contributed by atoms with van der Waals surface area (Å²) in [5.41, 5.74) is 1.35. The average molecular weight is 382 g/mol. The molecule has 1 aliphatic rings. The summed E-state index contributed by atoms with van der Waals surface area (Å²) in [4.78, 5) is 11.5. The molecule has 2 aromatic rings. The molecule has 146 valence electrons. The van der Waals surface area contributed by atoms with Crippen molar-refractivity contribution in [3.63, 3.8) is 0 Å². The van der Waals surface area contributed by atoms with Crippen LogP contribution in [-0.4, -0.2) is 31.4 Å². The normalized spacial score (nSPS) is 18.2. The van der Waals surface area contributed by atoms with Gasteiger partial charge in [-0.05, 0) is 56.9 Å². The van der Waals surface area contributed by atoms with Gasteiger partial charge in [0.15, 0.2) is 0 Å². The molecule has 0 radical (unpaired) electrons. The van der Waals surface area contributed by atoms with Crippen LogP contribution in [0.1, 0.15) is 49.2 Å². The number of methoxy groups -OCH3 is 1. The first-order valence-electron chi connectivity index (χ1n) is 9.14. The Morgan fingerprint density at radius 2 is 1.61 bits per heavy atom. The molecule has 3 rings (SSSR count). The first-order valence-corrected chi connectivity index (χ1v) is 9.14. The minimum absolute atomic E-state index is 0.385. The molecule has 0 N–H and O–H groups in total. The highest BCUT2D eigenvalue weighted by molar-refractivity contribution is 6.62. The van der Waals surface area contributed by atoms with Crippen molar-refractivity contribution in [2.45, 2.75) is 38.9 Å². The second kappa shape index (κ2) is 7.53. The van der Waals surface area contributed by atoms with Gasteiger partial charge in [0.2, 0.25) is 0 Å². The van der Waals surface area contributed by atoms with Crippen LogP contribution >= 0.6 is 0 Å². The predicted octanol–water partition coefficient (Wildman–Crippen LogP) is 4.24. The minimum atomic E-state index is -0.544. The number of ether oxygens (including phenoxy) is 1. The number of halogens is 1. The quantitative estimate of drug-likeness (QED) is 0.451. The summed E-state index contributed by atoms with van der Waals surface area (Å²) in [5.74, 6) is -0.810. The Bertz CT molecular complexity index is 887. The van der Waals surface area contributed by atoms with E-state index in [0.717, 1.165) is 5.46 Å². The monoisotopic (exact) mass is 382 g/mol. The highest BCUT2D eigenvalue weighted by atomic mass is 19.1. The lowest BCUT2D eigenvalue weighted by Crippen LogP contribution is -2.41. The third-order valence-electron chi connectivity index (χ3n) is 5.31.